The van der Waals surface area contributed by atoms with Crippen molar-refractivity contribution in [1.82, 2.24) is 0 Å². The molecule has 1 aliphatic rings. The molecule has 0 aromatic heterocycles. The molecule has 0 spiro atoms. The van der Waals surface area contributed by atoms with Crippen molar-refractivity contribution in [3.05, 3.63) is 77.4 Å². The van der Waals surface area contributed by atoms with Crippen LogP contribution in [0.3, 0.4) is 0 Å². The van der Waals surface area contributed by atoms with Crippen LogP contribution in [0.2, 0.25) is 0 Å². The highest BCUT2D eigenvalue weighted by atomic mass is 14.4. The standard InChI is InChI=1S/C16H11N/c17-12-16(14-7-2-1-3-8-14)11-10-13-6-4-5-9-15(13)16/h1-11H. The number of rotatable bonds is 1. The van der Waals surface area contributed by atoms with E-state index >= 15 is 0 Å². The average Bonchev–Trinajstić information content (AvgIpc) is 2.80. The molecule has 3 rings (SSSR count). The number of fused-ring (bicyclic) bond motifs is 1. The van der Waals surface area contributed by atoms with Gasteiger partial charge in [-0.05, 0) is 16.7 Å². The van der Waals surface area contributed by atoms with Gasteiger partial charge in [-0.3, -0.25) is 0 Å². The summed E-state index contributed by atoms with van der Waals surface area (Å²) < 4.78 is 0. The van der Waals surface area contributed by atoms with Gasteiger partial charge in [-0.25, -0.2) is 0 Å². The summed E-state index contributed by atoms with van der Waals surface area (Å²) in [7, 11) is 0. The summed E-state index contributed by atoms with van der Waals surface area (Å²) in [6.45, 7) is 0. The van der Waals surface area contributed by atoms with Crippen LogP contribution in [0.15, 0.2) is 60.7 Å². The predicted molar refractivity (Wildman–Crippen MR) is 68.3 cm³/mol. The van der Waals surface area contributed by atoms with E-state index in [0.717, 1.165) is 16.7 Å². The number of nitriles is 1. The fraction of sp³-hybridized carbons (Fsp3) is 0.0625. The average molecular weight is 217 g/mol. The van der Waals surface area contributed by atoms with Gasteiger partial charge >= 0.3 is 0 Å². The molecule has 1 nitrogen and oxygen atoms in total. The second-order valence-corrected chi connectivity index (χ2v) is 4.21. The van der Waals surface area contributed by atoms with E-state index in [9.17, 15) is 5.26 Å². The van der Waals surface area contributed by atoms with Gasteiger partial charge in [0.2, 0.25) is 0 Å². The molecule has 0 N–H and O–H groups in total. The molecule has 0 fully saturated rings. The van der Waals surface area contributed by atoms with E-state index in [1.165, 1.54) is 0 Å². The van der Waals surface area contributed by atoms with Crippen molar-refractivity contribution in [1.29, 1.82) is 5.26 Å². The summed E-state index contributed by atoms with van der Waals surface area (Å²) in [4.78, 5) is 0. The Bertz CT molecular complexity index is 619. The van der Waals surface area contributed by atoms with Crippen molar-refractivity contribution < 1.29 is 0 Å². The first kappa shape index (κ1) is 9.86. The van der Waals surface area contributed by atoms with Crippen LogP contribution in [0.1, 0.15) is 16.7 Å². The lowest BCUT2D eigenvalue weighted by atomic mass is 9.78. The highest BCUT2D eigenvalue weighted by molar-refractivity contribution is 5.71. The third-order valence-electron chi connectivity index (χ3n) is 3.30. The molecule has 1 atom stereocenters. The van der Waals surface area contributed by atoms with E-state index in [1.54, 1.807) is 0 Å². The van der Waals surface area contributed by atoms with Crippen molar-refractivity contribution in [2.75, 3.05) is 0 Å². The molecule has 17 heavy (non-hydrogen) atoms. The molecule has 2 aromatic rings. The number of allylic oxidation sites excluding steroid dienone is 1. The Morgan fingerprint density at radius 3 is 2.35 bits per heavy atom. The third kappa shape index (κ3) is 1.31. The van der Waals surface area contributed by atoms with Gasteiger partial charge in [0.1, 0.15) is 5.41 Å². The normalized spacial score (nSPS) is 20.9. The summed E-state index contributed by atoms with van der Waals surface area (Å²) in [5, 5.41) is 9.62. The van der Waals surface area contributed by atoms with Crippen molar-refractivity contribution in [3.8, 4) is 6.07 Å². The van der Waals surface area contributed by atoms with Gasteiger partial charge in [-0.15, -0.1) is 0 Å². The Morgan fingerprint density at radius 2 is 1.59 bits per heavy atom. The van der Waals surface area contributed by atoms with E-state index in [4.69, 9.17) is 0 Å². The second kappa shape index (κ2) is 3.61. The maximum atomic E-state index is 9.62. The largest absolute Gasteiger partial charge is 0.197 e. The monoisotopic (exact) mass is 217 g/mol. The van der Waals surface area contributed by atoms with Crippen molar-refractivity contribution in [2.45, 2.75) is 5.41 Å². The lowest BCUT2D eigenvalue weighted by molar-refractivity contribution is 0.849. The molecule has 0 heterocycles. The summed E-state index contributed by atoms with van der Waals surface area (Å²) in [5.74, 6) is 0. The summed E-state index contributed by atoms with van der Waals surface area (Å²) in [5.41, 5.74) is 2.63. The molecular weight excluding hydrogens is 206 g/mol. The molecule has 0 radical (unpaired) electrons. The van der Waals surface area contributed by atoms with Gasteiger partial charge in [0, 0.05) is 0 Å². The van der Waals surface area contributed by atoms with Crippen LogP contribution >= 0.6 is 0 Å². The zero-order valence-corrected chi connectivity index (χ0v) is 9.30. The van der Waals surface area contributed by atoms with Crippen molar-refractivity contribution in [2.24, 2.45) is 0 Å². The van der Waals surface area contributed by atoms with Gasteiger partial charge in [0.15, 0.2) is 0 Å². The molecule has 0 amide bonds. The maximum absolute atomic E-state index is 9.62. The molecule has 1 unspecified atom stereocenters. The van der Waals surface area contributed by atoms with Gasteiger partial charge in [-0.1, -0.05) is 66.7 Å². The fourth-order valence-electron chi connectivity index (χ4n) is 2.42. The zero-order valence-electron chi connectivity index (χ0n) is 9.30. The summed E-state index contributed by atoms with van der Waals surface area (Å²) >= 11 is 0. The SMILES string of the molecule is N#CC1(c2ccccc2)C=Cc2ccccc21. The number of hydrogen-bond acceptors (Lipinski definition) is 1. The summed E-state index contributed by atoms with van der Waals surface area (Å²) in [6, 6.07) is 20.5. The van der Waals surface area contributed by atoms with Crippen LogP contribution in [0.4, 0.5) is 0 Å². The van der Waals surface area contributed by atoms with E-state index in [2.05, 4.69) is 6.07 Å². The van der Waals surface area contributed by atoms with Crippen LogP contribution in [-0.4, -0.2) is 0 Å². The lowest BCUT2D eigenvalue weighted by Crippen LogP contribution is -2.20. The van der Waals surface area contributed by atoms with Crippen LogP contribution < -0.4 is 0 Å². The molecule has 0 saturated carbocycles. The first-order chi connectivity index (χ1) is 8.37. The van der Waals surface area contributed by atoms with E-state index in [1.807, 2.05) is 66.7 Å². The topological polar surface area (TPSA) is 23.8 Å². The number of nitrogens with zero attached hydrogens (tertiary/aromatic N) is 1. The second-order valence-electron chi connectivity index (χ2n) is 4.21. The highest BCUT2D eigenvalue weighted by Crippen LogP contribution is 2.40. The molecule has 2 aromatic carbocycles. The minimum absolute atomic E-state index is 0.613. The van der Waals surface area contributed by atoms with Gasteiger partial charge in [-0.2, -0.15) is 5.26 Å². The van der Waals surface area contributed by atoms with Crippen molar-refractivity contribution in [3.63, 3.8) is 0 Å². The Kier molecular flexibility index (Phi) is 2.09. The Hall–Kier alpha value is -2.33. The highest BCUT2D eigenvalue weighted by Gasteiger charge is 2.36. The maximum Gasteiger partial charge on any atom is 0.126 e. The van der Waals surface area contributed by atoms with Crippen LogP contribution in [0.25, 0.3) is 6.08 Å². The minimum atomic E-state index is -0.613. The lowest BCUT2D eigenvalue weighted by Gasteiger charge is -2.21. The Morgan fingerprint density at radius 1 is 0.882 bits per heavy atom. The molecule has 0 aliphatic heterocycles. The minimum Gasteiger partial charge on any atom is -0.197 e. The number of benzene rings is 2. The molecule has 1 aliphatic carbocycles. The fourth-order valence-corrected chi connectivity index (χ4v) is 2.42. The Labute approximate surface area is 101 Å². The van der Waals surface area contributed by atoms with E-state index in [-0.39, 0.29) is 0 Å². The Balaban J connectivity index is 2.27. The quantitative estimate of drug-likeness (QED) is 0.717. The summed E-state index contributed by atoms with van der Waals surface area (Å²) in [6.07, 6.45) is 4.03. The van der Waals surface area contributed by atoms with Gasteiger partial charge < -0.3 is 0 Å². The molecule has 1 heteroatoms. The van der Waals surface area contributed by atoms with Gasteiger partial charge in [0.25, 0.3) is 0 Å². The van der Waals surface area contributed by atoms with Crippen LogP contribution in [0.5, 0.6) is 0 Å². The van der Waals surface area contributed by atoms with E-state index < -0.39 is 5.41 Å². The van der Waals surface area contributed by atoms with Crippen molar-refractivity contribution >= 4 is 6.08 Å². The van der Waals surface area contributed by atoms with Gasteiger partial charge in [0.05, 0.1) is 6.07 Å². The molecule has 0 bridgehead atoms. The number of hydrogen-bond donors (Lipinski definition) is 0. The molecule has 80 valence electrons. The first-order valence-electron chi connectivity index (χ1n) is 5.62. The zero-order chi connectivity index (χ0) is 11.7. The van der Waals surface area contributed by atoms with Crippen LogP contribution in [-0.2, 0) is 5.41 Å². The van der Waals surface area contributed by atoms with E-state index in [0.29, 0.717) is 0 Å². The molecular formula is C16H11N. The molecule has 0 saturated heterocycles. The third-order valence-corrected chi connectivity index (χ3v) is 3.30. The first-order valence-corrected chi connectivity index (χ1v) is 5.62. The predicted octanol–water partition coefficient (Wildman–Crippen LogP) is 3.52. The van der Waals surface area contributed by atoms with Crippen LogP contribution in [0, 0.1) is 11.3 Å². The smallest absolute Gasteiger partial charge is 0.126 e.